The van der Waals surface area contributed by atoms with Gasteiger partial charge in [0, 0.05) is 4.43 Å². The minimum atomic E-state index is 0.717. The van der Waals surface area contributed by atoms with E-state index in [1.807, 2.05) is 0 Å². The molecule has 0 saturated carbocycles. The third-order valence-corrected chi connectivity index (χ3v) is 1.12. The summed E-state index contributed by atoms with van der Waals surface area (Å²) in [5, 5.41) is 0. The second kappa shape index (κ2) is 4.62. The van der Waals surface area contributed by atoms with E-state index in [4.69, 9.17) is 0 Å². The Morgan fingerprint density at radius 3 is 2.29 bits per heavy atom. The van der Waals surface area contributed by atoms with Crippen LogP contribution in [0, 0.1) is 5.92 Å². The van der Waals surface area contributed by atoms with Gasteiger partial charge in [-0.05, 0) is 5.92 Å². The van der Waals surface area contributed by atoms with Crippen LogP contribution >= 0.6 is 22.6 Å². The lowest BCUT2D eigenvalue weighted by molar-refractivity contribution is 0.831. The zero-order chi connectivity index (χ0) is 5.70. The van der Waals surface area contributed by atoms with E-state index in [1.165, 1.54) is 0 Å². The highest BCUT2D eigenvalue weighted by Crippen LogP contribution is 1.93. The van der Waals surface area contributed by atoms with E-state index in [1.54, 1.807) is 0 Å². The monoisotopic (exact) mass is 210 g/mol. The van der Waals surface area contributed by atoms with Crippen LogP contribution in [0.4, 0.5) is 0 Å². The summed E-state index contributed by atoms with van der Waals surface area (Å²) in [4.78, 5) is 0. The SMILES string of the molecule is CC(C)C=CCI. The van der Waals surface area contributed by atoms with Crippen molar-refractivity contribution in [1.82, 2.24) is 0 Å². The Kier molecular flexibility index (Phi) is 4.94. The van der Waals surface area contributed by atoms with Gasteiger partial charge in [-0.3, -0.25) is 0 Å². The van der Waals surface area contributed by atoms with E-state index in [0.29, 0.717) is 0 Å². The highest BCUT2D eigenvalue weighted by atomic mass is 127. The maximum Gasteiger partial charge on any atom is 0.0176 e. The molecule has 0 aliphatic heterocycles. The minimum Gasteiger partial charge on any atom is -0.0852 e. The third-order valence-electron chi connectivity index (χ3n) is 0.610. The van der Waals surface area contributed by atoms with Crippen molar-refractivity contribution in [3.8, 4) is 0 Å². The Morgan fingerprint density at radius 1 is 1.57 bits per heavy atom. The van der Waals surface area contributed by atoms with Crippen LogP contribution in [0.5, 0.6) is 0 Å². The largest absolute Gasteiger partial charge is 0.0852 e. The average molecular weight is 210 g/mol. The van der Waals surface area contributed by atoms with Crippen molar-refractivity contribution in [3.05, 3.63) is 12.2 Å². The molecule has 0 N–H and O–H groups in total. The van der Waals surface area contributed by atoms with Gasteiger partial charge in [0.15, 0.2) is 0 Å². The van der Waals surface area contributed by atoms with Crippen molar-refractivity contribution in [2.75, 3.05) is 4.43 Å². The lowest BCUT2D eigenvalue weighted by atomic mass is 10.2. The predicted molar refractivity (Wildman–Crippen MR) is 42.9 cm³/mol. The minimum absolute atomic E-state index is 0.717. The van der Waals surface area contributed by atoms with Crippen LogP contribution in [0.1, 0.15) is 13.8 Å². The van der Waals surface area contributed by atoms with Crippen LogP contribution in [-0.4, -0.2) is 4.43 Å². The molecule has 0 aliphatic carbocycles. The first-order valence-corrected chi connectivity index (χ1v) is 4.02. The van der Waals surface area contributed by atoms with Gasteiger partial charge in [-0.25, -0.2) is 0 Å². The molecular weight excluding hydrogens is 199 g/mol. The second-order valence-electron chi connectivity index (χ2n) is 1.83. The van der Waals surface area contributed by atoms with Crippen molar-refractivity contribution in [2.45, 2.75) is 13.8 Å². The molecule has 0 fully saturated rings. The van der Waals surface area contributed by atoms with Gasteiger partial charge in [0.2, 0.25) is 0 Å². The maximum atomic E-state index is 2.33. The van der Waals surface area contributed by atoms with Gasteiger partial charge in [0.05, 0.1) is 0 Å². The summed E-state index contributed by atoms with van der Waals surface area (Å²) in [6, 6.07) is 0. The first-order chi connectivity index (χ1) is 3.27. The lowest BCUT2D eigenvalue weighted by Gasteiger charge is -1.88. The topological polar surface area (TPSA) is 0 Å². The van der Waals surface area contributed by atoms with E-state index in [2.05, 4.69) is 48.6 Å². The Labute approximate surface area is 59.1 Å². The zero-order valence-corrected chi connectivity index (χ0v) is 6.97. The van der Waals surface area contributed by atoms with Gasteiger partial charge in [-0.15, -0.1) is 0 Å². The molecule has 0 bridgehead atoms. The zero-order valence-electron chi connectivity index (χ0n) is 4.82. The van der Waals surface area contributed by atoms with E-state index in [9.17, 15) is 0 Å². The molecule has 0 unspecified atom stereocenters. The van der Waals surface area contributed by atoms with Crippen molar-refractivity contribution in [2.24, 2.45) is 5.92 Å². The average Bonchev–Trinajstić information content (AvgIpc) is 1.61. The molecule has 0 aliphatic rings. The molecule has 7 heavy (non-hydrogen) atoms. The molecule has 1 heteroatoms. The quantitative estimate of drug-likeness (QED) is 0.373. The number of rotatable bonds is 2. The Hall–Kier alpha value is 0.470. The molecular formula is C6H11I. The molecule has 0 heterocycles. The molecule has 0 aromatic rings. The molecule has 0 radical (unpaired) electrons. The second-order valence-corrected chi connectivity index (χ2v) is 2.71. The van der Waals surface area contributed by atoms with Gasteiger partial charge in [0.25, 0.3) is 0 Å². The van der Waals surface area contributed by atoms with Gasteiger partial charge < -0.3 is 0 Å². The number of alkyl halides is 1. The Bertz CT molecular complexity index is 55.2. The van der Waals surface area contributed by atoms with Gasteiger partial charge in [0.1, 0.15) is 0 Å². The summed E-state index contributed by atoms with van der Waals surface area (Å²) in [6.07, 6.45) is 4.40. The maximum absolute atomic E-state index is 2.33. The lowest BCUT2D eigenvalue weighted by Crippen LogP contribution is -1.75. The molecule has 0 rings (SSSR count). The molecule has 0 saturated heterocycles. The Balaban J connectivity index is 3.08. The van der Waals surface area contributed by atoms with Crippen molar-refractivity contribution < 1.29 is 0 Å². The highest BCUT2D eigenvalue weighted by Gasteiger charge is 1.78. The first-order valence-electron chi connectivity index (χ1n) is 2.50. The van der Waals surface area contributed by atoms with Crippen LogP contribution in [-0.2, 0) is 0 Å². The van der Waals surface area contributed by atoms with E-state index in [0.717, 1.165) is 10.3 Å². The summed E-state index contributed by atoms with van der Waals surface area (Å²) < 4.78 is 1.13. The number of halogens is 1. The fourth-order valence-corrected chi connectivity index (χ4v) is 0.617. The summed E-state index contributed by atoms with van der Waals surface area (Å²) in [5.74, 6) is 0.717. The van der Waals surface area contributed by atoms with E-state index >= 15 is 0 Å². The summed E-state index contributed by atoms with van der Waals surface area (Å²) in [7, 11) is 0. The van der Waals surface area contributed by atoms with Crippen LogP contribution in [0.3, 0.4) is 0 Å². The smallest absolute Gasteiger partial charge is 0.0176 e. The van der Waals surface area contributed by atoms with Crippen LogP contribution in [0.25, 0.3) is 0 Å². The van der Waals surface area contributed by atoms with Crippen LogP contribution < -0.4 is 0 Å². The molecule has 0 nitrogen and oxygen atoms in total. The van der Waals surface area contributed by atoms with Crippen LogP contribution in [0.15, 0.2) is 12.2 Å². The molecule has 0 spiro atoms. The number of hydrogen-bond donors (Lipinski definition) is 0. The van der Waals surface area contributed by atoms with Gasteiger partial charge in [-0.2, -0.15) is 0 Å². The number of allylic oxidation sites excluding steroid dienone is 2. The molecule has 0 aromatic carbocycles. The highest BCUT2D eigenvalue weighted by molar-refractivity contribution is 14.1. The van der Waals surface area contributed by atoms with Crippen molar-refractivity contribution in [1.29, 1.82) is 0 Å². The van der Waals surface area contributed by atoms with E-state index in [-0.39, 0.29) is 0 Å². The predicted octanol–water partition coefficient (Wildman–Crippen LogP) is 2.63. The fourth-order valence-electron chi connectivity index (χ4n) is 0.324. The Morgan fingerprint density at radius 2 is 2.14 bits per heavy atom. The fraction of sp³-hybridized carbons (Fsp3) is 0.667. The summed E-state index contributed by atoms with van der Waals surface area (Å²) in [5.41, 5.74) is 0. The summed E-state index contributed by atoms with van der Waals surface area (Å²) in [6.45, 7) is 4.37. The number of hydrogen-bond acceptors (Lipinski definition) is 0. The molecule has 0 amide bonds. The molecule has 0 aromatic heterocycles. The summed E-state index contributed by atoms with van der Waals surface area (Å²) >= 11 is 2.33. The van der Waals surface area contributed by atoms with Gasteiger partial charge >= 0.3 is 0 Å². The van der Waals surface area contributed by atoms with Gasteiger partial charge in [-0.1, -0.05) is 48.6 Å². The normalized spacial score (nSPS) is 11.4. The van der Waals surface area contributed by atoms with Crippen molar-refractivity contribution in [3.63, 3.8) is 0 Å². The van der Waals surface area contributed by atoms with E-state index < -0.39 is 0 Å². The van der Waals surface area contributed by atoms with Crippen LogP contribution in [0.2, 0.25) is 0 Å². The molecule has 0 atom stereocenters. The molecule has 42 valence electrons. The third kappa shape index (κ3) is 6.47. The van der Waals surface area contributed by atoms with Crippen molar-refractivity contribution >= 4 is 22.6 Å². The first kappa shape index (κ1) is 7.47. The standard InChI is InChI=1S/C6H11I/c1-6(2)4-3-5-7/h3-4,6H,5H2,1-2H3.